The SMILES string of the molecule is CCNC(=NCC(C)c1ccccc1)NCCCN1CCCCCC1=O.I. The summed E-state index contributed by atoms with van der Waals surface area (Å²) in [4.78, 5) is 18.8. The van der Waals surface area contributed by atoms with Crippen molar-refractivity contribution in [3.8, 4) is 0 Å². The molecule has 152 valence electrons. The standard InChI is InChI=1S/C21H34N4O.HI/c1-3-22-21(24-17-18(2)19-11-6-4-7-12-19)23-14-10-16-25-15-9-5-8-13-20(25)26;/h4,6-7,11-12,18H,3,5,8-10,13-17H2,1-2H3,(H2,22,23,24);1H. The molecule has 27 heavy (non-hydrogen) atoms. The zero-order valence-electron chi connectivity index (χ0n) is 16.7. The number of nitrogens with zero attached hydrogens (tertiary/aromatic N) is 2. The fourth-order valence-corrected chi connectivity index (χ4v) is 3.21. The molecule has 1 unspecified atom stereocenters. The number of benzene rings is 1. The van der Waals surface area contributed by atoms with Crippen molar-refractivity contribution < 1.29 is 4.79 Å². The van der Waals surface area contributed by atoms with Crippen LogP contribution in [-0.4, -0.2) is 49.5 Å². The molecule has 0 bridgehead atoms. The summed E-state index contributed by atoms with van der Waals surface area (Å²) in [5, 5.41) is 6.70. The Kier molecular flexibility index (Phi) is 12.1. The third-order valence-corrected chi connectivity index (χ3v) is 4.80. The van der Waals surface area contributed by atoms with Gasteiger partial charge in [0.1, 0.15) is 0 Å². The third-order valence-electron chi connectivity index (χ3n) is 4.80. The maximum atomic E-state index is 12.0. The van der Waals surface area contributed by atoms with E-state index in [0.717, 1.165) is 64.4 Å². The van der Waals surface area contributed by atoms with Gasteiger partial charge in [0.05, 0.1) is 0 Å². The van der Waals surface area contributed by atoms with Crippen LogP contribution in [0.25, 0.3) is 0 Å². The van der Waals surface area contributed by atoms with Gasteiger partial charge in [-0.1, -0.05) is 43.7 Å². The molecule has 5 nitrogen and oxygen atoms in total. The van der Waals surface area contributed by atoms with Crippen molar-refractivity contribution in [3.05, 3.63) is 35.9 Å². The molecule has 1 aliphatic rings. The molecule has 0 radical (unpaired) electrons. The normalized spacial score (nSPS) is 16.3. The Morgan fingerprint density at radius 1 is 1.19 bits per heavy atom. The quantitative estimate of drug-likeness (QED) is 0.255. The van der Waals surface area contributed by atoms with Crippen LogP contribution < -0.4 is 10.6 Å². The lowest BCUT2D eigenvalue weighted by Gasteiger charge is -2.21. The topological polar surface area (TPSA) is 56.7 Å². The van der Waals surface area contributed by atoms with E-state index in [9.17, 15) is 4.79 Å². The smallest absolute Gasteiger partial charge is 0.222 e. The Bertz CT molecular complexity index is 565. The Hall–Kier alpha value is -1.31. The molecule has 0 aromatic heterocycles. The predicted molar refractivity (Wildman–Crippen MR) is 124 cm³/mol. The second-order valence-corrected chi connectivity index (χ2v) is 7.00. The van der Waals surface area contributed by atoms with Gasteiger partial charge in [0.15, 0.2) is 5.96 Å². The molecule has 0 saturated carbocycles. The summed E-state index contributed by atoms with van der Waals surface area (Å²) < 4.78 is 0. The van der Waals surface area contributed by atoms with Crippen molar-refractivity contribution >= 4 is 35.8 Å². The molecule has 0 aliphatic carbocycles. The zero-order valence-corrected chi connectivity index (χ0v) is 19.1. The van der Waals surface area contributed by atoms with E-state index in [-0.39, 0.29) is 24.0 Å². The first-order valence-electron chi connectivity index (χ1n) is 10.1. The summed E-state index contributed by atoms with van der Waals surface area (Å²) in [6.07, 6.45) is 5.03. The minimum absolute atomic E-state index is 0. The molecule has 1 saturated heterocycles. The summed E-state index contributed by atoms with van der Waals surface area (Å²) in [6, 6.07) is 10.5. The summed E-state index contributed by atoms with van der Waals surface area (Å²) in [7, 11) is 0. The van der Waals surface area contributed by atoms with Crippen LogP contribution >= 0.6 is 24.0 Å². The molecule has 1 atom stereocenters. The summed E-state index contributed by atoms with van der Waals surface area (Å²) in [5.41, 5.74) is 1.31. The molecule has 2 N–H and O–H groups in total. The van der Waals surface area contributed by atoms with Gasteiger partial charge in [0.2, 0.25) is 5.91 Å². The minimum Gasteiger partial charge on any atom is -0.357 e. The summed E-state index contributed by atoms with van der Waals surface area (Å²) >= 11 is 0. The fraction of sp³-hybridized carbons (Fsp3) is 0.619. The molecule has 1 heterocycles. The van der Waals surface area contributed by atoms with Gasteiger partial charge in [-0.3, -0.25) is 9.79 Å². The van der Waals surface area contributed by atoms with Gasteiger partial charge < -0.3 is 15.5 Å². The number of carbonyl (C=O) groups is 1. The second-order valence-electron chi connectivity index (χ2n) is 7.00. The molecule has 6 heteroatoms. The number of hydrogen-bond donors (Lipinski definition) is 2. The maximum absolute atomic E-state index is 12.0. The van der Waals surface area contributed by atoms with Crippen LogP contribution in [0, 0.1) is 0 Å². The Morgan fingerprint density at radius 3 is 2.70 bits per heavy atom. The van der Waals surface area contributed by atoms with E-state index in [2.05, 4.69) is 48.7 Å². The largest absolute Gasteiger partial charge is 0.357 e. The van der Waals surface area contributed by atoms with Gasteiger partial charge in [-0.2, -0.15) is 0 Å². The monoisotopic (exact) mass is 486 g/mol. The van der Waals surface area contributed by atoms with Crippen LogP contribution in [0.4, 0.5) is 0 Å². The van der Waals surface area contributed by atoms with Gasteiger partial charge >= 0.3 is 0 Å². The lowest BCUT2D eigenvalue weighted by Crippen LogP contribution is -2.39. The van der Waals surface area contributed by atoms with Crippen molar-refractivity contribution in [3.63, 3.8) is 0 Å². The van der Waals surface area contributed by atoms with Crippen LogP contribution in [0.5, 0.6) is 0 Å². The molecular weight excluding hydrogens is 451 g/mol. The van der Waals surface area contributed by atoms with E-state index in [0.29, 0.717) is 11.8 Å². The first-order valence-corrected chi connectivity index (χ1v) is 10.1. The number of halogens is 1. The Morgan fingerprint density at radius 2 is 1.96 bits per heavy atom. The van der Waals surface area contributed by atoms with E-state index in [1.165, 1.54) is 12.0 Å². The van der Waals surface area contributed by atoms with Gasteiger partial charge in [0, 0.05) is 45.1 Å². The lowest BCUT2D eigenvalue weighted by atomic mass is 10.0. The fourth-order valence-electron chi connectivity index (χ4n) is 3.21. The van der Waals surface area contributed by atoms with E-state index < -0.39 is 0 Å². The van der Waals surface area contributed by atoms with Crippen molar-refractivity contribution in [1.29, 1.82) is 0 Å². The van der Waals surface area contributed by atoms with Gasteiger partial charge in [-0.05, 0) is 31.7 Å². The van der Waals surface area contributed by atoms with Gasteiger partial charge in [0.25, 0.3) is 0 Å². The average Bonchev–Trinajstić information content (AvgIpc) is 2.87. The average molecular weight is 486 g/mol. The number of hydrogen-bond acceptors (Lipinski definition) is 2. The number of nitrogens with one attached hydrogen (secondary N) is 2. The van der Waals surface area contributed by atoms with Gasteiger partial charge in [-0.25, -0.2) is 0 Å². The van der Waals surface area contributed by atoms with Crippen LogP contribution in [0.1, 0.15) is 57.4 Å². The highest BCUT2D eigenvalue weighted by Gasteiger charge is 2.15. The van der Waals surface area contributed by atoms with Crippen LogP contribution in [-0.2, 0) is 4.79 Å². The highest BCUT2D eigenvalue weighted by Crippen LogP contribution is 2.14. The van der Waals surface area contributed by atoms with Crippen LogP contribution in [0.15, 0.2) is 35.3 Å². The number of aliphatic imine (C=N–C) groups is 1. The van der Waals surface area contributed by atoms with Gasteiger partial charge in [-0.15, -0.1) is 24.0 Å². The molecule has 1 fully saturated rings. The zero-order chi connectivity index (χ0) is 18.6. The molecule has 1 aromatic carbocycles. The number of amides is 1. The summed E-state index contributed by atoms with van der Waals surface area (Å²) in [6.45, 7) is 8.46. The van der Waals surface area contributed by atoms with Crippen LogP contribution in [0.3, 0.4) is 0 Å². The Labute approximate surface area is 181 Å². The highest BCUT2D eigenvalue weighted by molar-refractivity contribution is 14.0. The van der Waals surface area contributed by atoms with E-state index in [1.54, 1.807) is 0 Å². The molecular formula is C21H35IN4O. The first-order chi connectivity index (χ1) is 12.7. The van der Waals surface area contributed by atoms with Crippen molar-refractivity contribution in [2.45, 2.75) is 51.9 Å². The van der Waals surface area contributed by atoms with Crippen LogP contribution in [0.2, 0.25) is 0 Å². The van der Waals surface area contributed by atoms with Crippen molar-refractivity contribution in [2.75, 3.05) is 32.7 Å². The number of guanidine groups is 1. The lowest BCUT2D eigenvalue weighted by molar-refractivity contribution is -0.130. The molecule has 2 rings (SSSR count). The molecule has 1 aromatic rings. The molecule has 0 spiro atoms. The van der Waals surface area contributed by atoms with Crippen molar-refractivity contribution in [2.24, 2.45) is 4.99 Å². The van der Waals surface area contributed by atoms with E-state index in [1.807, 2.05) is 11.0 Å². The van der Waals surface area contributed by atoms with E-state index >= 15 is 0 Å². The number of likely N-dealkylation sites (tertiary alicyclic amines) is 1. The molecule has 1 amide bonds. The predicted octanol–water partition coefficient (Wildman–Crippen LogP) is 3.76. The minimum atomic E-state index is 0. The van der Waals surface area contributed by atoms with E-state index in [4.69, 9.17) is 4.99 Å². The first kappa shape index (κ1) is 23.7. The second kappa shape index (κ2) is 13.8. The van der Waals surface area contributed by atoms with Crippen molar-refractivity contribution in [1.82, 2.24) is 15.5 Å². The third kappa shape index (κ3) is 8.95. The number of rotatable bonds is 8. The Balaban J connectivity index is 0.00000364. The molecule has 1 aliphatic heterocycles. The summed E-state index contributed by atoms with van der Waals surface area (Å²) in [5.74, 6) is 1.57. The number of carbonyl (C=O) groups excluding carboxylic acids is 1. The highest BCUT2D eigenvalue weighted by atomic mass is 127. The maximum Gasteiger partial charge on any atom is 0.222 e.